The van der Waals surface area contributed by atoms with Crippen molar-refractivity contribution in [2.75, 3.05) is 4.90 Å². The summed E-state index contributed by atoms with van der Waals surface area (Å²) >= 11 is 1.02. The highest BCUT2D eigenvalue weighted by Gasteiger charge is 2.25. The molecule has 2 amide bonds. The SMILES string of the molecule is NC(=O)c1cc(-c2ccccc2F)sc1N(Cc1ccccc1)C(=O)O. The largest absolute Gasteiger partial charge is 0.465 e. The summed E-state index contributed by atoms with van der Waals surface area (Å²) in [4.78, 5) is 25.1. The fourth-order valence-corrected chi connectivity index (χ4v) is 3.73. The number of rotatable bonds is 5. The Bertz CT molecular complexity index is 956. The predicted octanol–water partition coefficient (Wildman–Crippen LogP) is 4.34. The zero-order chi connectivity index (χ0) is 18.7. The van der Waals surface area contributed by atoms with E-state index >= 15 is 0 Å². The third-order valence-corrected chi connectivity index (χ3v) is 4.97. The lowest BCUT2D eigenvalue weighted by atomic mass is 10.1. The number of benzene rings is 2. The Kier molecular flexibility index (Phi) is 4.99. The Morgan fingerprint density at radius 2 is 1.73 bits per heavy atom. The number of carboxylic acid groups (broad SMARTS) is 1. The van der Waals surface area contributed by atoms with Crippen LogP contribution in [0.2, 0.25) is 0 Å². The molecule has 0 saturated carbocycles. The number of hydrogen-bond acceptors (Lipinski definition) is 3. The average molecular weight is 370 g/mol. The molecule has 5 nitrogen and oxygen atoms in total. The maximum Gasteiger partial charge on any atom is 0.412 e. The standard InChI is InChI=1S/C19H15FN2O3S/c20-15-9-5-4-8-13(15)16-10-14(17(21)23)18(26-16)22(19(24)25)11-12-6-2-1-3-7-12/h1-10H,11H2,(H2,21,23)(H,24,25). The summed E-state index contributed by atoms with van der Waals surface area (Å²) in [5, 5.41) is 9.81. The average Bonchev–Trinajstić information content (AvgIpc) is 3.05. The minimum Gasteiger partial charge on any atom is -0.465 e. The van der Waals surface area contributed by atoms with Gasteiger partial charge in [0.1, 0.15) is 10.8 Å². The molecule has 0 fully saturated rings. The topological polar surface area (TPSA) is 83.6 Å². The number of anilines is 1. The lowest BCUT2D eigenvalue weighted by molar-refractivity contribution is 0.100. The van der Waals surface area contributed by atoms with Crippen LogP contribution in [0.25, 0.3) is 10.4 Å². The molecule has 2 aromatic carbocycles. The van der Waals surface area contributed by atoms with Crippen molar-refractivity contribution in [2.24, 2.45) is 5.73 Å². The van der Waals surface area contributed by atoms with Gasteiger partial charge < -0.3 is 10.8 Å². The quantitative estimate of drug-likeness (QED) is 0.701. The van der Waals surface area contributed by atoms with E-state index in [1.165, 1.54) is 12.1 Å². The Morgan fingerprint density at radius 1 is 1.08 bits per heavy atom. The molecule has 132 valence electrons. The van der Waals surface area contributed by atoms with E-state index in [2.05, 4.69) is 0 Å². The number of primary amides is 1. The number of thiophene rings is 1. The normalized spacial score (nSPS) is 10.5. The van der Waals surface area contributed by atoms with Crippen molar-refractivity contribution in [1.82, 2.24) is 0 Å². The molecular formula is C19H15FN2O3S. The molecule has 0 atom stereocenters. The van der Waals surface area contributed by atoms with Gasteiger partial charge in [0.25, 0.3) is 5.91 Å². The van der Waals surface area contributed by atoms with E-state index in [0.717, 1.165) is 21.8 Å². The second-order valence-corrected chi connectivity index (χ2v) is 6.56. The van der Waals surface area contributed by atoms with Crippen molar-refractivity contribution in [1.29, 1.82) is 0 Å². The third kappa shape index (κ3) is 3.57. The molecule has 7 heteroatoms. The van der Waals surface area contributed by atoms with Crippen LogP contribution in [0.3, 0.4) is 0 Å². The number of nitrogens with two attached hydrogens (primary N) is 1. The first-order chi connectivity index (χ1) is 12.5. The zero-order valence-corrected chi connectivity index (χ0v) is 14.4. The van der Waals surface area contributed by atoms with Gasteiger partial charge in [-0.2, -0.15) is 0 Å². The summed E-state index contributed by atoms with van der Waals surface area (Å²) in [5.74, 6) is -1.22. The highest BCUT2D eigenvalue weighted by atomic mass is 32.1. The van der Waals surface area contributed by atoms with Crippen molar-refractivity contribution in [3.8, 4) is 10.4 Å². The van der Waals surface area contributed by atoms with Gasteiger partial charge in [-0.05, 0) is 17.7 Å². The monoisotopic (exact) mass is 370 g/mol. The van der Waals surface area contributed by atoms with E-state index in [4.69, 9.17) is 5.73 Å². The molecule has 0 spiro atoms. The molecule has 1 aromatic heterocycles. The van der Waals surface area contributed by atoms with Gasteiger partial charge in [0, 0.05) is 10.4 Å². The first kappa shape index (κ1) is 17.6. The van der Waals surface area contributed by atoms with Crippen LogP contribution in [0.15, 0.2) is 60.7 Å². The minimum atomic E-state index is -1.22. The van der Waals surface area contributed by atoms with E-state index in [-0.39, 0.29) is 22.7 Å². The third-order valence-electron chi connectivity index (χ3n) is 3.78. The number of hydrogen-bond donors (Lipinski definition) is 2. The summed E-state index contributed by atoms with van der Waals surface area (Å²) in [5.41, 5.74) is 6.52. The molecule has 1 heterocycles. The molecular weight excluding hydrogens is 355 g/mol. The van der Waals surface area contributed by atoms with Crippen LogP contribution in [0.4, 0.5) is 14.2 Å². The van der Waals surface area contributed by atoms with Gasteiger partial charge in [-0.1, -0.05) is 48.5 Å². The summed E-state index contributed by atoms with van der Waals surface area (Å²) in [7, 11) is 0. The Morgan fingerprint density at radius 3 is 2.35 bits per heavy atom. The van der Waals surface area contributed by atoms with E-state index in [1.807, 2.05) is 6.07 Å². The fourth-order valence-electron chi connectivity index (χ4n) is 2.54. The van der Waals surface area contributed by atoms with Crippen LogP contribution in [-0.2, 0) is 6.54 Å². The number of carbonyl (C=O) groups excluding carboxylic acids is 1. The van der Waals surface area contributed by atoms with Crippen LogP contribution in [0.1, 0.15) is 15.9 Å². The van der Waals surface area contributed by atoms with Crippen molar-refractivity contribution >= 4 is 28.3 Å². The van der Waals surface area contributed by atoms with Crippen LogP contribution < -0.4 is 10.6 Å². The Balaban J connectivity index is 2.08. The van der Waals surface area contributed by atoms with Crippen molar-refractivity contribution in [2.45, 2.75) is 6.54 Å². The smallest absolute Gasteiger partial charge is 0.412 e. The second kappa shape index (κ2) is 7.37. The van der Waals surface area contributed by atoms with Crippen LogP contribution in [0.5, 0.6) is 0 Å². The molecule has 26 heavy (non-hydrogen) atoms. The second-order valence-electron chi connectivity index (χ2n) is 5.53. The molecule has 0 aliphatic carbocycles. The van der Waals surface area contributed by atoms with Gasteiger partial charge in [-0.15, -0.1) is 11.3 Å². The van der Waals surface area contributed by atoms with Gasteiger partial charge in [-0.25, -0.2) is 9.18 Å². The van der Waals surface area contributed by atoms with Crippen molar-refractivity contribution in [3.05, 3.63) is 77.6 Å². The van der Waals surface area contributed by atoms with Crippen LogP contribution >= 0.6 is 11.3 Å². The number of halogens is 1. The highest BCUT2D eigenvalue weighted by molar-refractivity contribution is 7.20. The predicted molar refractivity (Wildman–Crippen MR) is 98.9 cm³/mol. The van der Waals surface area contributed by atoms with Crippen LogP contribution in [0, 0.1) is 5.82 Å². The molecule has 0 radical (unpaired) electrons. The van der Waals surface area contributed by atoms with E-state index in [9.17, 15) is 19.1 Å². The highest BCUT2D eigenvalue weighted by Crippen LogP contribution is 2.39. The maximum atomic E-state index is 14.1. The van der Waals surface area contributed by atoms with Gasteiger partial charge in [0.15, 0.2) is 0 Å². The van der Waals surface area contributed by atoms with Gasteiger partial charge in [0.2, 0.25) is 0 Å². The molecule has 0 unspecified atom stereocenters. The summed E-state index contributed by atoms with van der Waals surface area (Å²) in [6, 6.07) is 16.5. The Labute approximate surface area is 153 Å². The molecule has 3 rings (SSSR count). The fraction of sp³-hybridized carbons (Fsp3) is 0.0526. The lowest BCUT2D eigenvalue weighted by Gasteiger charge is -2.18. The molecule has 0 bridgehead atoms. The van der Waals surface area contributed by atoms with Crippen molar-refractivity contribution in [3.63, 3.8) is 0 Å². The molecule has 0 aliphatic rings. The molecule has 3 N–H and O–H groups in total. The van der Waals surface area contributed by atoms with Crippen molar-refractivity contribution < 1.29 is 19.1 Å². The number of amides is 2. The first-order valence-corrected chi connectivity index (χ1v) is 8.52. The number of nitrogens with zero attached hydrogens (tertiary/aromatic N) is 1. The van der Waals surface area contributed by atoms with E-state index in [0.29, 0.717) is 4.88 Å². The van der Waals surface area contributed by atoms with Gasteiger partial charge in [0.05, 0.1) is 12.1 Å². The van der Waals surface area contributed by atoms with Gasteiger partial charge in [-0.3, -0.25) is 9.69 Å². The number of carbonyl (C=O) groups is 2. The summed E-state index contributed by atoms with van der Waals surface area (Å²) in [6.07, 6.45) is -1.22. The maximum absolute atomic E-state index is 14.1. The van der Waals surface area contributed by atoms with E-state index in [1.54, 1.807) is 42.5 Å². The summed E-state index contributed by atoms with van der Waals surface area (Å²) in [6.45, 7) is 0.0493. The Hall–Kier alpha value is -3.19. The lowest BCUT2D eigenvalue weighted by Crippen LogP contribution is -2.29. The molecule has 0 aliphatic heterocycles. The van der Waals surface area contributed by atoms with Gasteiger partial charge >= 0.3 is 6.09 Å². The van der Waals surface area contributed by atoms with Crippen LogP contribution in [-0.4, -0.2) is 17.1 Å². The molecule has 3 aromatic rings. The molecule has 0 saturated heterocycles. The van der Waals surface area contributed by atoms with E-state index < -0.39 is 17.8 Å². The minimum absolute atomic E-state index is 0.0478. The first-order valence-electron chi connectivity index (χ1n) is 7.70. The summed E-state index contributed by atoms with van der Waals surface area (Å²) < 4.78 is 14.1. The zero-order valence-electron chi connectivity index (χ0n) is 13.6.